The van der Waals surface area contributed by atoms with Crippen molar-refractivity contribution in [2.24, 2.45) is 0 Å². The summed E-state index contributed by atoms with van der Waals surface area (Å²) in [6.07, 6.45) is 12.2. The van der Waals surface area contributed by atoms with Crippen molar-refractivity contribution in [3.05, 3.63) is 29.6 Å². The first kappa shape index (κ1) is 27.1. The maximum Gasteiger partial charge on any atom is 0.357 e. The zero-order valence-electron chi connectivity index (χ0n) is 19.7. The number of pyridine rings is 1. The highest BCUT2D eigenvalue weighted by Crippen LogP contribution is 2.15. The second-order valence-electron chi connectivity index (χ2n) is 7.97. The summed E-state index contributed by atoms with van der Waals surface area (Å²) in [4.78, 5) is 29.1. The van der Waals surface area contributed by atoms with Gasteiger partial charge in [-0.3, -0.25) is 0 Å². The minimum absolute atomic E-state index is 0.141. The summed E-state index contributed by atoms with van der Waals surface area (Å²) in [5, 5.41) is 0. The van der Waals surface area contributed by atoms with E-state index >= 15 is 0 Å². The number of rotatable bonds is 18. The number of aromatic nitrogens is 1. The van der Waals surface area contributed by atoms with Crippen molar-refractivity contribution in [2.45, 2.75) is 97.0 Å². The smallest absolute Gasteiger partial charge is 0.357 e. The van der Waals surface area contributed by atoms with Crippen LogP contribution in [0.2, 0.25) is 0 Å². The fourth-order valence-corrected chi connectivity index (χ4v) is 3.33. The van der Waals surface area contributed by atoms with Gasteiger partial charge in [-0.15, -0.1) is 0 Å². The number of esters is 2. The molecule has 0 saturated heterocycles. The average molecular weight is 436 g/mol. The molecule has 0 N–H and O–H groups in total. The van der Waals surface area contributed by atoms with E-state index in [1.165, 1.54) is 25.7 Å². The molecular formula is C25H41NO5. The Kier molecular flexibility index (Phi) is 15.5. The van der Waals surface area contributed by atoms with Crippen LogP contribution in [0, 0.1) is 0 Å². The van der Waals surface area contributed by atoms with Gasteiger partial charge >= 0.3 is 11.9 Å². The first-order valence-corrected chi connectivity index (χ1v) is 12.0. The Morgan fingerprint density at radius 1 is 0.806 bits per heavy atom. The Balaban J connectivity index is 2.57. The van der Waals surface area contributed by atoms with Crippen LogP contribution >= 0.6 is 0 Å². The largest absolute Gasteiger partial charge is 0.461 e. The molecule has 0 aliphatic rings. The molecule has 31 heavy (non-hydrogen) atoms. The molecule has 6 nitrogen and oxygen atoms in total. The van der Waals surface area contributed by atoms with Gasteiger partial charge in [0.25, 0.3) is 0 Å². The minimum Gasteiger partial charge on any atom is -0.461 e. The maximum absolute atomic E-state index is 12.6. The van der Waals surface area contributed by atoms with E-state index in [0.717, 1.165) is 51.4 Å². The lowest BCUT2D eigenvalue weighted by Crippen LogP contribution is -2.21. The van der Waals surface area contributed by atoms with E-state index in [0.29, 0.717) is 13.2 Å². The number of methoxy groups -OCH3 is 1. The summed E-state index contributed by atoms with van der Waals surface area (Å²) in [6, 6.07) is 4.78. The SMILES string of the molecule is CCCCCCCOC(=O)c1cccc(C(=O)OC(CCCCCC)CCCOC)n1. The van der Waals surface area contributed by atoms with E-state index in [1.807, 2.05) is 0 Å². The zero-order chi connectivity index (χ0) is 22.7. The molecule has 0 amide bonds. The number of hydrogen-bond donors (Lipinski definition) is 0. The van der Waals surface area contributed by atoms with Crippen LogP contribution in [-0.4, -0.2) is 43.4 Å². The highest BCUT2D eigenvalue weighted by molar-refractivity contribution is 5.91. The third kappa shape index (κ3) is 12.5. The van der Waals surface area contributed by atoms with E-state index in [2.05, 4.69) is 18.8 Å². The predicted molar refractivity (Wildman–Crippen MR) is 122 cm³/mol. The molecule has 0 aliphatic carbocycles. The van der Waals surface area contributed by atoms with Gasteiger partial charge in [-0.1, -0.05) is 64.9 Å². The molecule has 0 bridgehead atoms. The van der Waals surface area contributed by atoms with Crippen LogP contribution in [0.25, 0.3) is 0 Å². The molecule has 0 spiro atoms. The van der Waals surface area contributed by atoms with Crippen molar-refractivity contribution in [2.75, 3.05) is 20.3 Å². The highest BCUT2D eigenvalue weighted by Gasteiger charge is 2.19. The van der Waals surface area contributed by atoms with Crippen LogP contribution in [0.5, 0.6) is 0 Å². The topological polar surface area (TPSA) is 74.7 Å². The van der Waals surface area contributed by atoms with Crippen molar-refractivity contribution in [1.29, 1.82) is 0 Å². The molecule has 0 aromatic carbocycles. The van der Waals surface area contributed by atoms with Crippen molar-refractivity contribution in [3.63, 3.8) is 0 Å². The van der Waals surface area contributed by atoms with Crippen molar-refractivity contribution >= 4 is 11.9 Å². The fraction of sp³-hybridized carbons (Fsp3) is 0.720. The van der Waals surface area contributed by atoms with E-state index in [4.69, 9.17) is 14.2 Å². The molecule has 1 heterocycles. The van der Waals surface area contributed by atoms with E-state index < -0.39 is 11.9 Å². The highest BCUT2D eigenvalue weighted by atomic mass is 16.5. The fourth-order valence-electron chi connectivity index (χ4n) is 3.33. The number of hydrogen-bond acceptors (Lipinski definition) is 6. The van der Waals surface area contributed by atoms with Crippen molar-refractivity contribution in [3.8, 4) is 0 Å². The lowest BCUT2D eigenvalue weighted by Gasteiger charge is -2.18. The van der Waals surface area contributed by atoms with E-state index in [9.17, 15) is 9.59 Å². The predicted octanol–water partition coefficient (Wildman–Crippen LogP) is 6.13. The molecule has 1 rings (SSSR count). The van der Waals surface area contributed by atoms with Crippen LogP contribution in [0.1, 0.15) is 112 Å². The third-order valence-electron chi connectivity index (χ3n) is 5.18. The summed E-state index contributed by atoms with van der Waals surface area (Å²) in [7, 11) is 1.67. The molecule has 0 aliphatic heterocycles. The zero-order valence-corrected chi connectivity index (χ0v) is 19.7. The Labute approximate surface area is 188 Å². The number of carbonyl (C=O) groups is 2. The second-order valence-corrected chi connectivity index (χ2v) is 7.97. The second kappa shape index (κ2) is 17.7. The minimum atomic E-state index is -0.499. The summed E-state index contributed by atoms with van der Waals surface area (Å²) in [6.45, 7) is 5.35. The molecular weight excluding hydrogens is 394 g/mol. The molecule has 1 unspecified atom stereocenters. The number of nitrogens with zero attached hydrogens (tertiary/aromatic N) is 1. The Bertz CT molecular complexity index is 620. The molecule has 0 fully saturated rings. The number of ether oxygens (including phenoxy) is 3. The molecule has 176 valence electrons. The lowest BCUT2D eigenvalue weighted by atomic mass is 10.1. The first-order valence-electron chi connectivity index (χ1n) is 12.0. The molecule has 1 aromatic rings. The van der Waals surface area contributed by atoms with Gasteiger partial charge in [0.1, 0.15) is 17.5 Å². The quantitative estimate of drug-likeness (QED) is 0.204. The van der Waals surface area contributed by atoms with Gasteiger partial charge in [0.2, 0.25) is 0 Å². The van der Waals surface area contributed by atoms with E-state index in [-0.39, 0.29) is 17.5 Å². The Morgan fingerprint density at radius 2 is 1.42 bits per heavy atom. The molecule has 1 atom stereocenters. The van der Waals surface area contributed by atoms with Crippen LogP contribution in [0.4, 0.5) is 0 Å². The maximum atomic E-state index is 12.6. The normalized spacial score (nSPS) is 11.8. The number of unbranched alkanes of at least 4 members (excludes halogenated alkanes) is 7. The summed E-state index contributed by atoms with van der Waals surface area (Å²) >= 11 is 0. The van der Waals surface area contributed by atoms with Gasteiger partial charge in [-0.25, -0.2) is 14.6 Å². The lowest BCUT2D eigenvalue weighted by molar-refractivity contribution is 0.0225. The van der Waals surface area contributed by atoms with Crippen LogP contribution in [0.3, 0.4) is 0 Å². The summed E-state index contributed by atoms with van der Waals surface area (Å²) in [5.41, 5.74) is 0.282. The van der Waals surface area contributed by atoms with Crippen LogP contribution in [-0.2, 0) is 14.2 Å². The molecule has 0 saturated carbocycles. The third-order valence-corrected chi connectivity index (χ3v) is 5.18. The van der Waals surface area contributed by atoms with Gasteiger partial charge in [-0.2, -0.15) is 0 Å². The van der Waals surface area contributed by atoms with Gasteiger partial charge < -0.3 is 14.2 Å². The molecule has 6 heteroatoms. The van der Waals surface area contributed by atoms with Gasteiger partial charge in [0.15, 0.2) is 0 Å². The van der Waals surface area contributed by atoms with Gasteiger partial charge in [0.05, 0.1) is 6.61 Å². The van der Waals surface area contributed by atoms with Crippen molar-refractivity contribution in [1.82, 2.24) is 4.98 Å². The summed E-state index contributed by atoms with van der Waals surface area (Å²) in [5.74, 6) is -0.992. The standard InChI is InChI=1S/C25H41NO5/c1-4-6-8-10-12-20-30-24(27)22-17-13-18-23(26-22)25(28)31-21(16-14-19-29-3)15-11-9-7-5-2/h13,17-18,21H,4-12,14-16,19-20H2,1-3H3. The Morgan fingerprint density at radius 3 is 2.10 bits per heavy atom. The molecule has 1 aromatic heterocycles. The number of carbonyl (C=O) groups excluding carboxylic acids is 2. The summed E-state index contributed by atoms with van der Waals surface area (Å²) < 4.78 is 16.1. The molecule has 0 radical (unpaired) electrons. The van der Waals surface area contributed by atoms with Gasteiger partial charge in [0, 0.05) is 13.7 Å². The first-order chi connectivity index (χ1) is 15.1. The van der Waals surface area contributed by atoms with Crippen LogP contribution in [0.15, 0.2) is 18.2 Å². The van der Waals surface area contributed by atoms with Crippen molar-refractivity contribution < 1.29 is 23.8 Å². The monoisotopic (exact) mass is 435 g/mol. The average Bonchev–Trinajstić information content (AvgIpc) is 2.78. The van der Waals surface area contributed by atoms with Crippen LogP contribution < -0.4 is 0 Å². The Hall–Kier alpha value is -1.95. The van der Waals surface area contributed by atoms with E-state index in [1.54, 1.807) is 25.3 Å². The van der Waals surface area contributed by atoms with Gasteiger partial charge in [-0.05, 0) is 44.2 Å².